The Balaban J connectivity index is 1.87. The average Bonchev–Trinajstić information content (AvgIpc) is 3.13. The van der Waals surface area contributed by atoms with Crippen molar-refractivity contribution in [2.75, 3.05) is 19.5 Å². The van der Waals surface area contributed by atoms with Crippen LogP contribution in [-0.2, 0) is 4.79 Å². The van der Waals surface area contributed by atoms with Crippen molar-refractivity contribution in [1.82, 2.24) is 0 Å². The molecule has 0 fully saturated rings. The van der Waals surface area contributed by atoms with E-state index in [1.165, 1.54) is 11.3 Å². The first-order valence-electron chi connectivity index (χ1n) is 9.00. The topological polar surface area (TPSA) is 84.9 Å². The Morgan fingerprint density at radius 2 is 1.62 bits per heavy atom. The van der Waals surface area contributed by atoms with Gasteiger partial charge in [0.2, 0.25) is 5.91 Å². The normalized spacial score (nSPS) is 15.4. The number of fused-ring (bicyclic) bond motifs is 1. The van der Waals surface area contributed by atoms with E-state index in [2.05, 4.69) is 5.32 Å². The second kappa shape index (κ2) is 7.60. The van der Waals surface area contributed by atoms with E-state index in [4.69, 9.17) is 9.47 Å². The maximum absolute atomic E-state index is 12.5. The number of aromatic carboxylic acids is 1. The van der Waals surface area contributed by atoms with Gasteiger partial charge in [0, 0.05) is 22.8 Å². The number of hydrogen-bond acceptors (Lipinski definition) is 5. The summed E-state index contributed by atoms with van der Waals surface area (Å²) >= 11 is 1.21. The Morgan fingerprint density at radius 3 is 2.17 bits per heavy atom. The first-order chi connectivity index (χ1) is 14.0. The van der Waals surface area contributed by atoms with Crippen molar-refractivity contribution in [3.63, 3.8) is 0 Å². The molecule has 3 aromatic rings. The Morgan fingerprint density at radius 1 is 1.03 bits per heavy atom. The van der Waals surface area contributed by atoms with Gasteiger partial charge in [0.1, 0.15) is 16.4 Å². The molecule has 1 amide bonds. The molecule has 2 N–H and O–H groups in total. The van der Waals surface area contributed by atoms with Crippen LogP contribution in [0.1, 0.15) is 32.5 Å². The van der Waals surface area contributed by atoms with E-state index in [1.54, 1.807) is 38.5 Å². The molecule has 1 atom stereocenters. The molecule has 1 aromatic heterocycles. The van der Waals surface area contributed by atoms with Crippen LogP contribution in [0.2, 0.25) is 0 Å². The van der Waals surface area contributed by atoms with Crippen LogP contribution in [0.5, 0.6) is 11.5 Å². The number of carbonyl (C=O) groups excluding carboxylic acids is 1. The molecule has 0 saturated heterocycles. The molecule has 1 aliphatic rings. The minimum absolute atomic E-state index is 0.136. The smallest absolute Gasteiger partial charge is 0.346 e. The molecule has 0 spiro atoms. The zero-order chi connectivity index (χ0) is 20.5. The molecule has 0 saturated carbocycles. The predicted molar refractivity (Wildman–Crippen MR) is 111 cm³/mol. The van der Waals surface area contributed by atoms with Crippen molar-refractivity contribution in [3.8, 4) is 22.6 Å². The Bertz CT molecular complexity index is 1070. The molecule has 7 heteroatoms. The van der Waals surface area contributed by atoms with Crippen LogP contribution >= 0.6 is 11.3 Å². The van der Waals surface area contributed by atoms with E-state index in [9.17, 15) is 14.7 Å². The van der Waals surface area contributed by atoms with Crippen molar-refractivity contribution in [2.24, 2.45) is 0 Å². The Kier molecular flexibility index (Phi) is 4.98. The second-order valence-electron chi connectivity index (χ2n) is 6.66. The van der Waals surface area contributed by atoms with Gasteiger partial charge in [-0.2, -0.15) is 0 Å². The van der Waals surface area contributed by atoms with Crippen LogP contribution in [0.15, 0.2) is 48.5 Å². The van der Waals surface area contributed by atoms with Crippen molar-refractivity contribution in [2.45, 2.75) is 12.3 Å². The van der Waals surface area contributed by atoms with Gasteiger partial charge in [-0.05, 0) is 35.4 Å². The van der Waals surface area contributed by atoms with Gasteiger partial charge in [-0.15, -0.1) is 11.3 Å². The number of nitrogens with one attached hydrogen (secondary N) is 1. The predicted octanol–water partition coefficient (Wildman–Crippen LogP) is 4.60. The van der Waals surface area contributed by atoms with Gasteiger partial charge in [-0.1, -0.05) is 24.3 Å². The minimum atomic E-state index is -1.02. The lowest BCUT2D eigenvalue weighted by Crippen LogP contribution is -2.22. The summed E-state index contributed by atoms with van der Waals surface area (Å²) in [6, 6.07) is 14.7. The number of carbonyl (C=O) groups is 2. The van der Waals surface area contributed by atoms with Gasteiger partial charge in [-0.25, -0.2) is 4.79 Å². The van der Waals surface area contributed by atoms with Crippen LogP contribution in [-0.4, -0.2) is 31.2 Å². The van der Waals surface area contributed by atoms with Gasteiger partial charge in [-0.3, -0.25) is 4.79 Å². The third-order valence-electron chi connectivity index (χ3n) is 5.00. The number of thiophene rings is 1. The highest BCUT2D eigenvalue weighted by molar-refractivity contribution is 7.15. The van der Waals surface area contributed by atoms with Gasteiger partial charge in [0.05, 0.1) is 19.9 Å². The van der Waals surface area contributed by atoms with Crippen LogP contribution in [0.4, 0.5) is 5.69 Å². The lowest BCUT2D eigenvalue weighted by atomic mass is 9.88. The Hall–Kier alpha value is -3.32. The first kappa shape index (κ1) is 19.0. The number of amides is 1. The molecule has 0 aliphatic carbocycles. The van der Waals surface area contributed by atoms with Gasteiger partial charge in [0.15, 0.2) is 0 Å². The summed E-state index contributed by atoms with van der Waals surface area (Å²) in [5.74, 6) is 0.0425. The van der Waals surface area contributed by atoms with E-state index in [1.807, 2.05) is 24.3 Å². The third kappa shape index (κ3) is 3.45. The van der Waals surface area contributed by atoms with Crippen LogP contribution in [0, 0.1) is 0 Å². The quantitative estimate of drug-likeness (QED) is 0.643. The number of ether oxygens (including phenoxy) is 2. The number of benzene rings is 2. The maximum atomic E-state index is 12.5. The zero-order valence-corrected chi connectivity index (χ0v) is 16.7. The second-order valence-corrected chi connectivity index (χ2v) is 7.71. The first-order valence-corrected chi connectivity index (χ1v) is 9.81. The molecule has 29 heavy (non-hydrogen) atoms. The van der Waals surface area contributed by atoms with Crippen molar-refractivity contribution in [1.29, 1.82) is 0 Å². The SMILES string of the molecule is COc1ccc(-c2c(C(=O)O)sc3c2NC(=O)C[C@@H]3c2ccc(OC)cc2)cc1. The van der Waals surface area contributed by atoms with Crippen molar-refractivity contribution >= 4 is 28.9 Å². The molecule has 0 bridgehead atoms. The monoisotopic (exact) mass is 409 g/mol. The van der Waals surface area contributed by atoms with E-state index in [-0.39, 0.29) is 23.1 Å². The molecular formula is C22H19NO5S. The van der Waals surface area contributed by atoms with E-state index in [0.717, 1.165) is 21.8 Å². The number of carboxylic acids is 1. The number of anilines is 1. The molecule has 148 valence electrons. The summed E-state index contributed by atoms with van der Waals surface area (Å²) in [6.07, 6.45) is 0.265. The summed E-state index contributed by atoms with van der Waals surface area (Å²) in [6.45, 7) is 0. The summed E-state index contributed by atoms with van der Waals surface area (Å²) in [5.41, 5.74) is 2.78. The molecule has 4 rings (SSSR count). The van der Waals surface area contributed by atoms with Crippen molar-refractivity contribution in [3.05, 3.63) is 63.8 Å². The lowest BCUT2D eigenvalue weighted by molar-refractivity contribution is -0.116. The number of hydrogen-bond donors (Lipinski definition) is 2. The van der Waals surface area contributed by atoms with Crippen LogP contribution in [0.25, 0.3) is 11.1 Å². The zero-order valence-electron chi connectivity index (χ0n) is 15.9. The van der Waals surface area contributed by atoms with Crippen molar-refractivity contribution < 1.29 is 24.2 Å². The molecule has 1 aliphatic heterocycles. The molecule has 0 unspecified atom stereocenters. The third-order valence-corrected chi connectivity index (χ3v) is 6.29. The lowest BCUT2D eigenvalue weighted by Gasteiger charge is -2.24. The van der Waals surface area contributed by atoms with Gasteiger partial charge < -0.3 is 19.9 Å². The summed E-state index contributed by atoms with van der Waals surface area (Å²) in [7, 11) is 3.17. The molecular weight excluding hydrogens is 390 g/mol. The highest BCUT2D eigenvalue weighted by Crippen LogP contribution is 2.49. The largest absolute Gasteiger partial charge is 0.497 e. The summed E-state index contributed by atoms with van der Waals surface area (Å²) < 4.78 is 10.4. The highest BCUT2D eigenvalue weighted by Gasteiger charge is 2.34. The number of carboxylic acid groups (broad SMARTS) is 1. The highest BCUT2D eigenvalue weighted by atomic mass is 32.1. The fraction of sp³-hybridized carbons (Fsp3) is 0.182. The number of methoxy groups -OCH3 is 2. The average molecular weight is 409 g/mol. The fourth-order valence-electron chi connectivity index (χ4n) is 3.58. The van der Waals surface area contributed by atoms with E-state index < -0.39 is 5.97 Å². The molecule has 2 heterocycles. The standard InChI is InChI=1S/C22H19NO5S/c1-27-14-7-3-12(4-8-14)16-11-17(24)23-19-18(21(22(25)26)29-20(16)19)13-5-9-15(28-2)10-6-13/h3-10,16H,11H2,1-2H3,(H,23,24)(H,25,26)/t16-/m1/s1. The minimum Gasteiger partial charge on any atom is -0.497 e. The van der Waals surface area contributed by atoms with Gasteiger partial charge in [0.25, 0.3) is 0 Å². The summed E-state index contributed by atoms with van der Waals surface area (Å²) in [5, 5.41) is 12.7. The fourth-order valence-corrected chi connectivity index (χ4v) is 4.82. The molecule has 0 radical (unpaired) electrons. The van der Waals surface area contributed by atoms with Crippen LogP contribution < -0.4 is 14.8 Å². The molecule has 2 aromatic carbocycles. The number of rotatable bonds is 5. The maximum Gasteiger partial charge on any atom is 0.346 e. The summed E-state index contributed by atoms with van der Waals surface area (Å²) in [4.78, 5) is 25.6. The van der Waals surface area contributed by atoms with E-state index >= 15 is 0 Å². The van der Waals surface area contributed by atoms with Crippen LogP contribution in [0.3, 0.4) is 0 Å². The van der Waals surface area contributed by atoms with Gasteiger partial charge >= 0.3 is 5.97 Å². The van der Waals surface area contributed by atoms with E-state index in [0.29, 0.717) is 17.0 Å². The Labute approximate surface area is 171 Å². The molecule has 6 nitrogen and oxygen atoms in total.